The summed E-state index contributed by atoms with van der Waals surface area (Å²) >= 11 is 3.53. The van der Waals surface area contributed by atoms with Crippen LogP contribution < -0.4 is 10.6 Å². The van der Waals surface area contributed by atoms with Crippen molar-refractivity contribution in [2.45, 2.75) is 25.9 Å². The number of hydrogen-bond donors (Lipinski definition) is 2. The van der Waals surface area contributed by atoms with Gasteiger partial charge in [0, 0.05) is 23.6 Å². The van der Waals surface area contributed by atoms with Gasteiger partial charge in [0.1, 0.15) is 0 Å². The molecule has 16 heavy (non-hydrogen) atoms. The van der Waals surface area contributed by atoms with E-state index in [1.54, 1.807) is 0 Å². The zero-order valence-corrected chi connectivity index (χ0v) is 11.5. The molecule has 90 valence electrons. The van der Waals surface area contributed by atoms with Gasteiger partial charge in [-0.3, -0.25) is 0 Å². The molecule has 4 heteroatoms. The minimum absolute atomic E-state index is 0.0333. The molecule has 0 aliphatic rings. The summed E-state index contributed by atoms with van der Waals surface area (Å²) in [5, 5.41) is 9.12. The minimum Gasteiger partial charge on any atom is -0.394 e. The van der Waals surface area contributed by atoms with Crippen LogP contribution in [0.3, 0.4) is 0 Å². The van der Waals surface area contributed by atoms with Crippen molar-refractivity contribution in [3.63, 3.8) is 0 Å². The number of halogens is 1. The Labute approximate surface area is 105 Å². The fourth-order valence-electron chi connectivity index (χ4n) is 1.45. The second kappa shape index (κ2) is 5.66. The monoisotopic (exact) mass is 286 g/mol. The summed E-state index contributed by atoms with van der Waals surface area (Å²) in [5.41, 5.74) is 7.98. The van der Waals surface area contributed by atoms with Gasteiger partial charge < -0.3 is 15.7 Å². The first kappa shape index (κ1) is 13.5. The fourth-order valence-corrected chi connectivity index (χ4v) is 2.13. The fraction of sp³-hybridized carbons (Fsp3) is 0.500. The van der Waals surface area contributed by atoms with Crippen molar-refractivity contribution in [2.24, 2.45) is 5.73 Å². The topological polar surface area (TPSA) is 49.5 Å². The summed E-state index contributed by atoms with van der Waals surface area (Å²) in [6.07, 6.45) is 0. The van der Waals surface area contributed by atoms with Crippen molar-refractivity contribution in [2.75, 3.05) is 18.6 Å². The van der Waals surface area contributed by atoms with Crippen LogP contribution in [0, 0.1) is 0 Å². The van der Waals surface area contributed by atoms with Crippen LogP contribution in [-0.4, -0.2) is 24.8 Å². The highest BCUT2D eigenvalue weighted by atomic mass is 79.9. The molecule has 0 bridgehead atoms. The molecule has 0 saturated carbocycles. The molecule has 0 aliphatic heterocycles. The third-order valence-corrected chi connectivity index (χ3v) is 3.44. The Bertz CT molecular complexity index is 355. The largest absolute Gasteiger partial charge is 0.394 e. The van der Waals surface area contributed by atoms with Crippen LogP contribution in [0.5, 0.6) is 0 Å². The minimum atomic E-state index is 0.0333. The number of anilines is 1. The molecular formula is C12H19BrN2O. The molecule has 3 N–H and O–H groups in total. The number of nitrogens with two attached hydrogens (primary N) is 1. The van der Waals surface area contributed by atoms with Crippen LogP contribution in [0.25, 0.3) is 0 Å². The zero-order chi connectivity index (χ0) is 12.3. The van der Waals surface area contributed by atoms with E-state index in [9.17, 15) is 0 Å². The van der Waals surface area contributed by atoms with Gasteiger partial charge in [-0.05, 0) is 47.5 Å². The number of rotatable bonds is 4. The molecular weight excluding hydrogens is 268 g/mol. The van der Waals surface area contributed by atoms with Gasteiger partial charge in [0.05, 0.1) is 12.3 Å². The molecule has 0 fully saturated rings. The summed E-state index contributed by atoms with van der Waals surface area (Å²) < 4.78 is 1.00. The van der Waals surface area contributed by atoms with Crippen molar-refractivity contribution in [3.05, 3.63) is 28.2 Å². The Kier molecular flexibility index (Phi) is 4.77. The third kappa shape index (κ3) is 2.97. The van der Waals surface area contributed by atoms with Gasteiger partial charge in [-0.25, -0.2) is 0 Å². The quantitative estimate of drug-likeness (QED) is 0.893. The second-order valence-electron chi connectivity index (χ2n) is 4.14. The maximum Gasteiger partial charge on any atom is 0.0632 e. The number of likely N-dealkylation sites (N-methyl/N-ethyl adjacent to an activating group) is 1. The molecule has 2 atom stereocenters. The number of nitrogens with zero attached hydrogens (tertiary/aromatic N) is 1. The molecule has 1 rings (SSSR count). The molecule has 0 saturated heterocycles. The Morgan fingerprint density at radius 1 is 1.44 bits per heavy atom. The smallest absolute Gasteiger partial charge is 0.0632 e. The van der Waals surface area contributed by atoms with Gasteiger partial charge in [0.25, 0.3) is 0 Å². The number of benzene rings is 1. The average molecular weight is 287 g/mol. The Morgan fingerprint density at radius 3 is 2.50 bits per heavy atom. The lowest BCUT2D eigenvalue weighted by atomic mass is 10.1. The lowest BCUT2D eigenvalue weighted by Gasteiger charge is -2.27. The Balaban J connectivity index is 2.99. The molecule has 1 aromatic carbocycles. The van der Waals surface area contributed by atoms with Gasteiger partial charge in [-0.1, -0.05) is 6.07 Å². The van der Waals surface area contributed by atoms with E-state index in [0.29, 0.717) is 0 Å². The molecule has 1 aromatic rings. The van der Waals surface area contributed by atoms with Crippen molar-refractivity contribution in [1.29, 1.82) is 0 Å². The van der Waals surface area contributed by atoms with E-state index in [2.05, 4.69) is 15.9 Å². The predicted molar refractivity (Wildman–Crippen MR) is 71.7 cm³/mol. The van der Waals surface area contributed by atoms with Gasteiger partial charge in [-0.2, -0.15) is 0 Å². The SMILES string of the molecule is CC(N)c1ccc(N(C)C(C)CO)c(Br)c1. The van der Waals surface area contributed by atoms with Crippen molar-refractivity contribution in [3.8, 4) is 0 Å². The van der Waals surface area contributed by atoms with Crippen molar-refractivity contribution in [1.82, 2.24) is 0 Å². The maximum absolute atomic E-state index is 9.12. The summed E-state index contributed by atoms with van der Waals surface area (Å²) in [4.78, 5) is 2.04. The lowest BCUT2D eigenvalue weighted by Crippen LogP contribution is -2.32. The van der Waals surface area contributed by atoms with Crippen LogP contribution in [0.1, 0.15) is 25.5 Å². The summed E-state index contributed by atoms with van der Waals surface area (Å²) in [7, 11) is 1.96. The highest BCUT2D eigenvalue weighted by Gasteiger charge is 2.12. The Morgan fingerprint density at radius 2 is 2.06 bits per heavy atom. The number of aliphatic hydroxyl groups excluding tert-OH is 1. The second-order valence-corrected chi connectivity index (χ2v) is 5.00. The van der Waals surface area contributed by atoms with Crippen LogP contribution in [0.2, 0.25) is 0 Å². The first-order valence-corrected chi connectivity index (χ1v) is 6.15. The predicted octanol–water partition coefficient (Wildman–Crippen LogP) is 2.29. The summed E-state index contributed by atoms with van der Waals surface area (Å²) in [6.45, 7) is 4.07. The Hall–Kier alpha value is -0.580. The van der Waals surface area contributed by atoms with E-state index >= 15 is 0 Å². The third-order valence-electron chi connectivity index (χ3n) is 2.80. The van der Waals surface area contributed by atoms with Crippen LogP contribution in [0.4, 0.5) is 5.69 Å². The molecule has 0 radical (unpaired) electrons. The summed E-state index contributed by atoms with van der Waals surface area (Å²) in [6, 6.07) is 6.20. The first-order valence-electron chi connectivity index (χ1n) is 5.36. The molecule has 2 unspecified atom stereocenters. The van der Waals surface area contributed by atoms with Crippen LogP contribution in [-0.2, 0) is 0 Å². The van der Waals surface area contributed by atoms with Gasteiger partial charge in [0.2, 0.25) is 0 Å². The van der Waals surface area contributed by atoms with E-state index in [4.69, 9.17) is 10.8 Å². The lowest BCUT2D eigenvalue weighted by molar-refractivity contribution is 0.270. The highest BCUT2D eigenvalue weighted by molar-refractivity contribution is 9.10. The molecule has 3 nitrogen and oxygen atoms in total. The van der Waals surface area contributed by atoms with Crippen molar-refractivity contribution >= 4 is 21.6 Å². The van der Waals surface area contributed by atoms with E-state index in [1.807, 2.05) is 44.0 Å². The first-order chi connectivity index (χ1) is 7.47. The maximum atomic E-state index is 9.12. The van der Waals surface area contributed by atoms with E-state index in [1.165, 1.54) is 0 Å². The molecule has 0 aromatic heterocycles. The normalized spacial score (nSPS) is 14.6. The van der Waals surface area contributed by atoms with Gasteiger partial charge >= 0.3 is 0 Å². The van der Waals surface area contributed by atoms with Crippen LogP contribution >= 0.6 is 15.9 Å². The van der Waals surface area contributed by atoms with Crippen LogP contribution in [0.15, 0.2) is 22.7 Å². The van der Waals surface area contributed by atoms with E-state index in [-0.39, 0.29) is 18.7 Å². The standard InChI is InChI=1S/C12H19BrN2O/c1-8(7-16)15(3)12-5-4-10(9(2)14)6-11(12)13/h4-6,8-9,16H,7,14H2,1-3H3. The molecule has 0 amide bonds. The number of hydrogen-bond acceptors (Lipinski definition) is 3. The number of aliphatic hydroxyl groups is 1. The van der Waals surface area contributed by atoms with E-state index in [0.717, 1.165) is 15.7 Å². The molecule has 0 spiro atoms. The average Bonchev–Trinajstić information content (AvgIpc) is 2.26. The molecule has 0 heterocycles. The highest BCUT2D eigenvalue weighted by Crippen LogP contribution is 2.29. The summed E-state index contributed by atoms with van der Waals surface area (Å²) in [5.74, 6) is 0. The van der Waals surface area contributed by atoms with Gasteiger partial charge in [-0.15, -0.1) is 0 Å². The van der Waals surface area contributed by atoms with Crippen molar-refractivity contribution < 1.29 is 5.11 Å². The van der Waals surface area contributed by atoms with E-state index < -0.39 is 0 Å². The zero-order valence-electron chi connectivity index (χ0n) is 9.94. The van der Waals surface area contributed by atoms with Gasteiger partial charge in [0.15, 0.2) is 0 Å². The molecule has 0 aliphatic carbocycles.